The zero-order valence-corrected chi connectivity index (χ0v) is 11.7. The Balaban J connectivity index is 2.12. The Morgan fingerprint density at radius 1 is 1.22 bits per heavy atom. The van der Waals surface area contributed by atoms with Crippen LogP contribution >= 0.6 is 0 Å². The Labute approximate surface area is 110 Å². The van der Waals surface area contributed by atoms with Crippen molar-refractivity contribution >= 4 is 0 Å². The van der Waals surface area contributed by atoms with E-state index in [0.717, 1.165) is 56.9 Å². The fourth-order valence-corrected chi connectivity index (χ4v) is 2.86. The van der Waals surface area contributed by atoms with Gasteiger partial charge in [-0.25, -0.2) is 0 Å². The highest BCUT2D eigenvalue weighted by molar-refractivity contribution is 5.07. The van der Waals surface area contributed by atoms with Crippen LogP contribution in [0.4, 0.5) is 0 Å². The van der Waals surface area contributed by atoms with Crippen molar-refractivity contribution in [3.8, 4) is 0 Å². The van der Waals surface area contributed by atoms with Crippen LogP contribution in [0.15, 0.2) is 4.52 Å². The van der Waals surface area contributed by atoms with Crippen LogP contribution in [0.1, 0.15) is 64.1 Å². The quantitative estimate of drug-likeness (QED) is 0.844. The van der Waals surface area contributed by atoms with Crippen molar-refractivity contribution in [3.05, 3.63) is 11.7 Å². The molecule has 4 heteroatoms. The average Bonchev–Trinajstić information content (AvgIpc) is 2.87. The molecular weight excluding hydrogens is 226 g/mol. The SMILES string of the molecule is CCCCc1noc(C2(CCC)CCNCC2)n1. The summed E-state index contributed by atoms with van der Waals surface area (Å²) in [4.78, 5) is 4.66. The maximum absolute atomic E-state index is 5.57. The molecule has 2 heterocycles. The molecule has 0 amide bonds. The summed E-state index contributed by atoms with van der Waals surface area (Å²) in [5.74, 6) is 1.78. The highest BCUT2D eigenvalue weighted by Crippen LogP contribution is 2.36. The number of nitrogens with zero attached hydrogens (tertiary/aromatic N) is 2. The third-order valence-electron chi connectivity index (χ3n) is 3.96. The lowest BCUT2D eigenvalue weighted by Gasteiger charge is -2.34. The smallest absolute Gasteiger partial charge is 0.232 e. The molecule has 0 atom stereocenters. The summed E-state index contributed by atoms with van der Waals surface area (Å²) < 4.78 is 5.57. The van der Waals surface area contributed by atoms with E-state index in [9.17, 15) is 0 Å². The largest absolute Gasteiger partial charge is 0.339 e. The maximum Gasteiger partial charge on any atom is 0.232 e. The minimum Gasteiger partial charge on any atom is -0.339 e. The molecule has 2 rings (SSSR count). The predicted molar refractivity (Wildman–Crippen MR) is 71.6 cm³/mol. The van der Waals surface area contributed by atoms with Crippen LogP contribution in [-0.4, -0.2) is 23.2 Å². The second-order valence-electron chi connectivity index (χ2n) is 5.40. The van der Waals surface area contributed by atoms with E-state index < -0.39 is 0 Å². The van der Waals surface area contributed by atoms with E-state index in [-0.39, 0.29) is 5.41 Å². The topological polar surface area (TPSA) is 51.0 Å². The second-order valence-corrected chi connectivity index (χ2v) is 5.40. The van der Waals surface area contributed by atoms with Crippen molar-refractivity contribution in [2.45, 2.75) is 64.2 Å². The standard InChI is InChI=1S/C14H25N3O/c1-3-5-6-12-16-13(18-17-12)14(7-4-2)8-10-15-11-9-14/h15H,3-11H2,1-2H3. The van der Waals surface area contributed by atoms with E-state index in [1.54, 1.807) is 0 Å². The summed E-state index contributed by atoms with van der Waals surface area (Å²) in [6.45, 7) is 6.55. The molecular formula is C14H25N3O. The van der Waals surface area contributed by atoms with Crippen molar-refractivity contribution in [3.63, 3.8) is 0 Å². The molecule has 0 saturated carbocycles. The lowest BCUT2D eigenvalue weighted by molar-refractivity contribution is 0.208. The summed E-state index contributed by atoms with van der Waals surface area (Å²) in [6.07, 6.45) is 7.83. The van der Waals surface area contributed by atoms with Gasteiger partial charge in [0.25, 0.3) is 0 Å². The molecule has 0 radical (unpaired) electrons. The number of nitrogens with one attached hydrogen (secondary N) is 1. The minimum atomic E-state index is 0.136. The Hall–Kier alpha value is -0.900. The van der Waals surface area contributed by atoms with Crippen LogP contribution in [0.2, 0.25) is 0 Å². The Morgan fingerprint density at radius 2 is 2.00 bits per heavy atom. The van der Waals surface area contributed by atoms with Gasteiger partial charge in [-0.2, -0.15) is 4.98 Å². The van der Waals surface area contributed by atoms with E-state index >= 15 is 0 Å². The molecule has 1 N–H and O–H groups in total. The Morgan fingerprint density at radius 3 is 2.67 bits per heavy atom. The van der Waals surface area contributed by atoms with Crippen LogP contribution in [-0.2, 0) is 11.8 Å². The first-order valence-electron chi connectivity index (χ1n) is 7.34. The number of rotatable bonds is 6. The summed E-state index contributed by atoms with van der Waals surface area (Å²) in [5.41, 5.74) is 0.136. The van der Waals surface area contributed by atoms with Gasteiger partial charge in [-0.3, -0.25) is 0 Å². The van der Waals surface area contributed by atoms with Gasteiger partial charge in [0, 0.05) is 6.42 Å². The first-order valence-corrected chi connectivity index (χ1v) is 7.34. The summed E-state index contributed by atoms with van der Waals surface area (Å²) in [7, 11) is 0. The van der Waals surface area contributed by atoms with Gasteiger partial charge in [0.05, 0.1) is 5.41 Å². The van der Waals surface area contributed by atoms with Gasteiger partial charge < -0.3 is 9.84 Å². The van der Waals surface area contributed by atoms with Gasteiger partial charge in [-0.05, 0) is 38.8 Å². The molecule has 4 nitrogen and oxygen atoms in total. The lowest BCUT2D eigenvalue weighted by Crippen LogP contribution is -2.40. The van der Waals surface area contributed by atoms with E-state index in [4.69, 9.17) is 4.52 Å². The van der Waals surface area contributed by atoms with E-state index in [1.165, 1.54) is 12.8 Å². The number of hydrogen-bond donors (Lipinski definition) is 1. The molecule has 1 aromatic rings. The molecule has 1 saturated heterocycles. The minimum absolute atomic E-state index is 0.136. The van der Waals surface area contributed by atoms with Gasteiger partial charge in [0.2, 0.25) is 5.89 Å². The highest BCUT2D eigenvalue weighted by atomic mass is 16.5. The van der Waals surface area contributed by atoms with Gasteiger partial charge in [0.1, 0.15) is 0 Å². The van der Waals surface area contributed by atoms with Crippen LogP contribution in [0.3, 0.4) is 0 Å². The number of piperidine rings is 1. The van der Waals surface area contributed by atoms with E-state index in [2.05, 4.69) is 29.3 Å². The van der Waals surface area contributed by atoms with Crippen LogP contribution in [0.25, 0.3) is 0 Å². The molecule has 0 unspecified atom stereocenters. The molecule has 102 valence electrons. The average molecular weight is 251 g/mol. The number of aryl methyl sites for hydroxylation is 1. The Kier molecular flexibility index (Phi) is 4.75. The Bertz CT molecular complexity index is 350. The molecule has 18 heavy (non-hydrogen) atoms. The third-order valence-corrected chi connectivity index (χ3v) is 3.96. The first-order chi connectivity index (χ1) is 8.80. The maximum atomic E-state index is 5.57. The molecule has 1 fully saturated rings. The van der Waals surface area contributed by atoms with Crippen molar-refractivity contribution < 1.29 is 4.52 Å². The normalized spacial score (nSPS) is 19.0. The number of hydrogen-bond acceptors (Lipinski definition) is 4. The number of aromatic nitrogens is 2. The molecule has 0 bridgehead atoms. The van der Waals surface area contributed by atoms with Gasteiger partial charge in [0.15, 0.2) is 5.82 Å². The molecule has 0 aromatic carbocycles. The first kappa shape index (κ1) is 13.5. The zero-order valence-electron chi connectivity index (χ0n) is 11.7. The third kappa shape index (κ3) is 2.91. The summed E-state index contributed by atoms with van der Waals surface area (Å²) in [5, 5.41) is 7.57. The fraction of sp³-hybridized carbons (Fsp3) is 0.857. The molecule has 0 aliphatic carbocycles. The van der Waals surface area contributed by atoms with Crippen molar-refractivity contribution in [2.75, 3.05) is 13.1 Å². The van der Waals surface area contributed by atoms with Crippen LogP contribution in [0.5, 0.6) is 0 Å². The molecule has 1 aliphatic heterocycles. The highest BCUT2D eigenvalue weighted by Gasteiger charge is 2.38. The monoisotopic (exact) mass is 251 g/mol. The van der Waals surface area contributed by atoms with E-state index in [0.29, 0.717) is 0 Å². The molecule has 0 spiro atoms. The lowest BCUT2D eigenvalue weighted by atomic mass is 9.75. The van der Waals surface area contributed by atoms with Crippen molar-refractivity contribution in [1.82, 2.24) is 15.5 Å². The van der Waals surface area contributed by atoms with Crippen molar-refractivity contribution in [2.24, 2.45) is 0 Å². The zero-order chi connectivity index (χ0) is 12.8. The van der Waals surface area contributed by atoms with Crippen LogP contribution in [0, 0.1) is 0 Å². The van der Waals surface area contributed by atoms with Gasteiger partial charge in [-0.15, -0.1) is 0 Å². The fourth-order valence-electron chi connectivity index (χ4n) is 2.86. The summed E-state index contributed by atoms with van der Waals surface area (Å²) in [6, 6.07) is 0. The molecule has 1 aromatic heterocycles. The van der Waals surface area contributed by atoms with E-state index in [1.807, 2.05) is 0 Å². The van der Waals surface area contributed by atoms with Gasteiger partial charge in [-0.1, -0.05) is 31.8 Å². The van der Waals surface area contributed by atoms with Crippen LogP contribution < -0.4 is 5.32 Å². The second kappa shape index (κ2) is 6.32. The molecule has 1 aliphatic rings. The van der Waals surface area contributed by atoms with Crippen molar-refractivity contribution in [1.29, 1.82) is 0 Å². The van der Waals surface area contributed by atoms with Gasteiger partial charge >= 0.3 is 0 Å². The summed E-state index contributed by atoms with van der Waals surface area (Å²) >= 11 is 0. The number of unbranched alkanes of at least 4 members (excludes halogenated alkanes) is 1. The predicted octanol–water partition coefficient (Wildman–Crippen LogP) is 2.83.